The molecule has 142 valence electrons. The second kappa shape index (κ2) is 6.88. The zero-order chi connectivity index (χ0) is 19.8. The number of nitrogens with zero attached hydrogens (tertiary/aromatic N) is 1. The fourth-order valence-corrected chi connectivity index (χ4v) is 3.35. The molecule has 0 saturated heterocycles. The maximum Gasteiger partial charge on any atom is 0.347 e. The molecular formula is C22H19NO5. The van der Waals surface area contributed by atoms with Gasteiger partial charge < -0.3 is 18.8 Å². The topological polar surface area (TPSA) is 83.9 Å². The highest BCUT2D eigenvalue weighted by molar-refractivity contribution is 5.94. The van der Waals surface area contributed by atoms with E-state index in [9.17, 15) is 9.59 Å². The van der Waals surface area contributed by atoms with Gasteiger partial charge in [0.25, 0.3) is 0 Å². The van der Waals surface area contributed by atoms with Crippen LogP contribution >= 0.6 is 0 Å². The normalized spacial score (nSPS) is 11.2. The predicted octanol–water partition coefficient (Wildman–Crippen LogP) is 4.75. The molecular weight excluding hydrogens is 358 g/mol. The first-order valence-electron chi connectivity index (χ1n) is 9.10. The van der Waals surface area contributed by atoms with Crippen molar-refractivity contribution in [2.75, 3.05) is 18.0 Å². The van der Waals surface area contributed by atoms with Gasteiger partial charge in [-0.25, -0.2) is 9.59 Å². The van der Waals surface area contributed by atoms with Gasteiger partial charge in [-0.05, 0) is 50.2 Å². The Morgan fingerprint density at radius 2 is 1.61 bits per heavy atom. The van der Waals surface area contributed by atoms with Crippen molar-refractivity contribution in [3.8, 4) is 11.3 Å². The molecule has 6 nitrogen and oxygen atoms in total. The number of fused-ring (bicyclic) bond motifs is 2. The van der Waals surface area contributed by atoms with Crippen LogP contribution in [0.2, 0.25) is 0 Å². The summed E-state index contributed by atoms with van der Waals surface area (Å²) in [5.74, 6) is -0.685. The molecule has 4 rings (SSSR count). The predicted molar refractivity (Wildman–Crippen MR) is 108 cm³/mol. The molecule has 0 amide bonds. The lowest BCUT2D eigenvalue weighted by Crippen LogP contribution is -2.21. The monoisotopic (exact) mass is 377 g/mol. The first kappa shape index (κ1) is 17.9. The van der Waals surface area contributed by atoms with Gasteiger partial charge in [0.05, 0.1) is 5.56 Å². The zero-order valence-corrected chi connectivity index (χ0v) is 15.6. The molecule has 4 aromatic rings. The summed E-state index contributed by atoms with van der Waals surface area (Å²) in [6.07, 6.45) is 0. The fraction of sp³-hybridized carbons (Fsp3) is 0.182. The van der Waals surface area contributed by atoms with Crippen molar-refractivity contribution in [2.45, 2.75) is 13.8 Å². The van der Waals surface area contributed by atoms with Crippen molar-refractivity contribution in [2.24, 2.45) is 0 Å². The van der Waals surface area contributed by atoms with Gasteiger partial charge in [0.1, 0.15) is 22.5 Å². The van der Waals surface area contributed by atoms with Gasteiger partial charge in [-0.1, -0.05) is 6.07 Å². The van der Waals surface area contributed by atoms with Gasteiger partial charge in [-0.2, -0.15) is 0 Å². The van der Waals surface area contributed by atoms with Crippen molar-refractivity contribution in [3.63, 3.8) is 0 Å². The van der Waals surface area contributed by atoms with Crippen LogP contribution in [0.5, 0.6) is 0 Å². The highest BCUT2D eigenvalue weighted by Gasteiger charge is 2.15. The molecule has 2 aromatic heterocycles. The summed E-state index contributed by atoms with van der Waals surface area (Å²) in [6, 6.07) is 13.8. The average molecular weight is 377 g/mol. The van der Waals surface area contributed by atoms with Crippen LogP contribution in [0.1, 0.15) is 24.2 Å². The van der Waals surface area contributed by atoms with Crippen molar-refractivity contribution in [1.82, 2.24) is 0 Å². The van der Waals surface area contributed by atoms with E-state index in [0.29, 0.717) is 22.5 Å². The average Bonchev–Trinajstić information content (AvgIpc) is 3.11. The minimum Gasteiger partial charge on any atom is -0.478 e. The smallest absolute Gasteiger partial charge is 0.347 e. The molecule has 0 bridgehead atoms. The van der Waals surface area contributed by atoms with Gasteiger partial charge in [0.15, 0.2) is 0 Å². The third-order valence-corrected chi connectivity index (χ3v) is 4.88. The molecule has 0 radical (unpaired) electrons. The van der Waals surface area contributed by atoms with E-state index >= 15 is 0 Å². The molecule has 1 N–H and O–H groups in total. The van der Waals surface area contributed by atoms with E-state index in [1.807, 2.05) is 18.2 Å². The molecule has 0 aliphatic rings. The molecule has 6 heteroatoms. The number of hydrogen-bond acceptors (Lipinski definition) is 5. The second-order valence-corrected chi connectivity index (χ2v) is 6.51. The number of rotatable bonds is 5. The number of anilines is 1. The second-order valence-electron chi connectivity index (χ2n) is 6.51. The van der Waals surface area contributed by atoms with Crippen LogP contribution in [0.4, 0.5) is 5.69 Å². The van der Waals surface area contributed by atoms with E-state index in [1.165, 1.54) is 12.1 Å². The molecule has 0 aliphatic heterocycles. The van der Waals surface area contributed by atoms with E-state index < -0.39 is 11.6 Å². The summed E-state index contributed by atoms with van der Waals surface area (Å²) in [6.45, 7) is 5.87. The molecule has 2 aromatic carbocycles. The van der Waals surface area contributed by atoms with E-state index in [4.69, 9.17) is 13.9 Å². The summed E-state index contributed by atoms with van der Waals surface area (Å²) < 4.78 is 11.3. The van der Waals surface area contributed by atoms with Crippen LogP contribution in [-0.4, -0.2) is 24.2 Å². The Morgan fingerprint density at radius 1 is 0.929 bits per heavy atom. The number of hydrogen-bond donors (Lipinski definition) is 1. The third-order valence-electron chi connectivity index (χ3n) is 4.88. The maximum absolute atomic E-state index is 12.6. The highest BCUT2D eigenvalue weighted by atomic mass is 16.4. The number of aromatic carboxylic acids is 1. The Labute approximate surface area is 160 Å². The molecule has 2 heterocycles. The van der Waals surface area contributed by atoms with Crippen LogP contribution in [0.15, 0.2) is 62.2 Å². The minimum atomic E-state index is -1.03. The van der Waals surface area contributed by atoms with Crippen LogP contribution in [0.25, 0.3) is 33.3 Å². The van der Waals surface area contributed by atoms with Crippen molar-refractivity contribution >= 4 is 33.6 Å². The standard InChI is InChI=1S/C22H19NO5/c1-3-23(4-2)16-8-7-13-9-17(22(26)28-19(13)12-16)20-10-14-5-6-15(21(24)25)11-18(14)27-20/h5-12H,3-4H2,1-2H3,(H,24,25). The Balaban J connectivity index is 1.81. The largest absolute Gasteiger partial charge is 0.478 e. The summed E-state index contributed by atoms with van der Waals surface area (Å²) >= 11 is 0. The molecule has 0 spiro atoms. The third kappa shape index (κ3) is 3.03. The molecule has 0 aliphatic carbocycles. The van der Waals surface area contributed by atoms with Crippen molar-refractivity contribution < 1.29 is 18.7 Å². The van der Waals surface area contributed by atoms with Crippen molar-refractivity contribution in [1.29, 1.82) is 0 Å². The Morgan fingerprint density at radius 3 is 2.32 bits per heavy atom. The maximum atomic E-state index is 12.6. The highest BCUT2D eigenvalue weighted by Crippen LogP contribution is 2.29. The van der Waals surface area contributed by atoms with Gasteiger partial charge >= 0.3 is 11.6 Å². The molecule has 0 atom stereocenters. The first-order chi connectivity index (χ1) is 13.5. The molecule has 0 fully saturated rings. The number of carboxylic acids is 1. The number of carboxylic acid groups (broad SMARTS) is 1. The summed E-state index contributed by atoms with van der Waals surface area (Å²) in [7, 11) is 0. The molecule has 28 heavy (non-hydrogen) atoms. The van der Waals surface area contributed by atoms with Gasteiger partial charge in [-0.3, -0.25) is 0 Å². The Bertz CT molecular complexity index is 1250. The van der Waals surface area contributed by atoms with Crippen LogP contribution in [-0.2, 0) is 0 Å². The first-order valence-corrected chi connectivity index (χ1v) is 9.10. The summed E-state index contributed by atoms with van der Waals surface area (Å²) in [5, 5.41) is 10.6. The summed E-state index contributed by atoms with van der Waals surface area (Å²) in [5.41, 5.74) is 1.85. The molecule has 0 unspecified atom stereocenters. The van der Waals surface area contributed by atoms with Crippen LogP contribution in [0.3, 0.4) is 0 Å². The van der Waals surface area contributed by atoms with E-state index in [-0.39, 0.29) is 5.56 Å². The van der Waals surface area contributed by atoms with Crippen LogP contribution in [0, 0.1) is 0 Å². The number of benzene rings is 2. The van der Waals surface area contributed by atoms with Gasteiger partial charge in [0.2, 0.25) is 0 Å². The van der Waals surface area contributed by atoms with E-state index in [1.54, 1.807) is 18.2 Å². The number of furan rings is 1. The lowest BCUT2D eigenvalue weighted by atomic mass is 10.1. The minimum absolute atomic E-state index is 0.128. The molecule has 0 saturated carbocycles. The Kier molecular flexibility index (Phi) is 4.39. The number of carbonyl (C=O) groups is 1. The van der Waals surface area contributed by atoms with Gasteiger partial charge in [-0.15, -0.1) is 0 Å². The Hall–Kier alpha value is -3.54. The quantitative estimate of drug-likeness (QED) is 0.505. The van der Waals surface area contributed by atoms with Crippen LogP contribution < -0.4 is 10.5 Å². The fourth-order valence-electron chi connectivity index (χ4n) is 3.35. The zero-order valence-electron chi connectivity index (χ0n) is 15.6. The lowest BCUT2D eigenvalue weighted by molar-refractivity contribution is 0.0697. The van der Waals surface area contributed by atoms with E-state index in [2.05, 4.69) is 18.7 Å². The van der Waals surface area contributed by atoms with Gasteiger partial charge in [0, 0.05) is 35.6 Å². The lowest BCUT2D eigenvalue weighted by Gasteiger charge is -2.20. The van der Waals surface area contributed by atoms with E-state index in [0.717, 1.165) is 29.5 Å². The summed E-state index contributed by atoms with van der Waals surface area (Å²) in [4.78, 5) is 25.9. The SMILES string of the molecule is CCN(CC)c1ccc2cc(-c3cc4ccc(C(=O)O)cc4o3)c(=O)oc2c1. The van der Waals surface area contributed by atoms with Crippen molar-refractivity contribution in [3.05, 3.63) is 64.5 Å².